The van der Waals surface area contributed by atoms with Gasteiger partial charge in [-0.1, -0.05) is 57.5 Å². The van der Waals surface area contributed by atoms with Gasteiger partial charge in [-0.3, -0.25) is 4.79 Å². The van der Waals surface area contributed by atoms with Gasteiger partial charge in [0, 0.05) is 16.5 Å². The van der Waals surface area contributed by atoms with Gasteiger partial charge in [-0.15, -0.1) is 0 Å². The Morgan fingerprint density at radius 1 is 1.19 bits per heavy atom. The minimum atomic E-state index is -0.457. The molecule has 2 aromatic rings. The van der Waals surface area contributed by atoms with Crippen LogP contribution in [0.25, 0.3) is 11.1 Å². The van der Waals surface area contributed by atoms with Gasteiger partial charge in [-0.2, -0.15) is 0 Å². The SMILES string of the molecule is CC(C1CC1)C(C)(C)O.CCc1cccc(-c2cc(Cl)cc(OC)c2)c1C(=O)C(C)C. The van der Waals surface area contributed by atoms with E-state index in [1.165, 1.54) is 12.8 Å². The Morgan fingerprint density at radius 2 is 1.84 bits per heavy atom. The van der Waals surface area contributed by atoms with E-state index in [4.69, 9.17) is 16.3 Å². The van der Waals surface area contributed by atoms with Crippen LogP contribution in [0, 0.1) is 17.8 Å². The lowest BCUT2D eigenvalue weighted by molar-refractivity contribution is 0.0155. The van der Waals surface area contributed by atoms with Crippen LogP contribution in [0.5, 0.6) is 5.75 Å². The first-order chi connectivity index (χ1) is 14.5. The summed E-state index contributed by atoms with van der Waals surface area (Å²) in [6.07, 6.45) is 3.47. The van der Waals surface area contributed by atoms with Crippen molar-refractivity contribution in [1.29, 1.82) is 0 Å². The monoisotopic (exact) mass is 444 g/mol. The Balaban J connectivity index is 0.000000316. The van der Waals surface area contributed by atoms with E-state index in [-0.39, 0.29) is 11.7 Å². The molecule has 0 saturated heterocycles. The lowest BCUT2D eigenvalue weighted by Gasteiger charge is -2.25. The van der Waals surface area contributed by atoms with Crippen molar-refractivity contribution in [2.75, 3.05) is 7.11 Å². The van der Waals surface area contributed by atoms with E-state index in [1.807, 2.05) is 58.0 Å². The van der Waals surface area contributed by atoms with Crippen LogP contribution < -0.4 is 4.74 Å². The predicted molar refractivity (Wildman–Crippen MR) is 130 cm³/mol. The molecular weight excluding hydrogens is 408 g/mol. The molecule has 2 aromatic carbocycles. The van der Waals surface area contributed by atoms with E-state index in [1.54, 1.807) is 13.2 Å². The molecule has 3 nitrogen and oxygen atoms in total. The molecule has 0 bridgehead atoms. The first-order valence-corrected chi connectivity index (χ1v) is 11.6. The maximum absolute atomic E-state index is 12.7. The number of ketones is 1. The van der Waals surface area contributed by atoms with Crippen LogP contribution in [-0.4, -0.2) is 23.6 Å². The van der Waals surface area contributed by atoms with Gasteiger partial charge in [0.25, 0.3) is 0 Å². The van der Waals surface area contributed by atoms with Crippen LogP contribution in [-0.2, 0) is 6.42 Å². The molecule has 1 aliphatic carbocycles. The number of halogens is 1. The zero-order valence-electron chi connectivity index (χ0n) is 20.0. The maximum atomic E-state index is 12.7. The molecule has 4 heteroatoms. The largest absolute Gasteiger partial charge is 0.497 e. The smallest absolute Gasteiger partial charge is 0.166 e. The van der Waals surface area contributed by atoms with Gasteiger partial charge in [0.05, 0.1) is 12.7 Å². The Hall–Kier alpha value is -1.84. The van der Waals surface area contributed by atoms with Gasteiger partial charge >= 0.3 is 0 Å². The molecular formula is C27H37ClO3. The minimum Gasteiger partial charge on any atom is -0.497 e. The zero-order valence-corrected chi connectivity index (χ0v) is 20.7. The Morgan fingerprint density at radius 3 is 2.29 bits per heavy atom. The first kappa shape index (κ1) is 25.4. The van der Waals surface area contributed by atoms with Crippen molar-refractivity contribution in [3.63, 3.8) is 0 Å². The number of rotatable bonds is 7. The van der Waals surface area contributed by atoms with Gasteiger partial charge in [0.15, 0.2) is 5.78 Å². The number of Topliss-reactive ketones (excluding diaryl/α,β-unsaturated/α-hetero) is 1. The van der Waals surface area contributed by atoms with Gasteiger partial charge in [0.1, 0.15) is 5.75 Å². The second kappa shape index (κ2) is 10.7. The minimum absolute atomic E-state index is 0.0486. The number of aliphatic hydroxyl groups is 1. The summed E-state index contributed by atoms with van der Waals surface area (Å²) >= 11 is 6.18. The maximum Gasteiger partial charge on any atom is 0.166 e. The number of carbonyl (C=O) groups is 1. The molecule has 0 amide bonds. The molecule has 0 radical (unpaired) electrons. The van der Waals surface area contributed by atoms with Crippen LogP contribution in [0.4, 0.5) is 0 Å². The summed E-state index contributed by atoms with van der Waals surface area (Å²) in [5.74, 6) is 2.09. The third-order valence-corrected chi connectivity index (χ3v) is 6.38. The van der Waals surface area contributed by atoms with Crippen LogP contribution in [0.2, 0.25) is 5.02 Å². The summed E-state index contributed by atoms with van der Waals surface area (Å²) in [7, 11) is 1.61. The summed E-state index contributed by atoms with van der Waals surface area (Å²) in [6, 6.07) is 11.5. The van der Waals surface area contributed by atoms with Crippen LogP contribution in [0.1, 0.15) is 70.3 Å². The molecule has 1 unspecified atom stereocenters. The highest BCUT2D eigenvalue weighted by Gasteiger charge is 2.36. The van der Waals surface area contributed by atoms with Crippen molar-refractivity contribution in [2.24, 2.45) is 17.8 Å². The Labute approximate surface area is 192 Å². The summed E-state index contributed by atoms with van der Waals surface area (Å²) in [4.78, 5) is 12.7. The quantitative estimate of drug-likeness (QED) is 0.458. The fourth-order valence-electron chi connectivity index (χ4n) is 3.72. The van der Waals surface area contributed by atoms with Crippen LogP contribution in [0.3, 0.4) is 0 Å². The molecule has 1 N–H and O–H groups in total. The van der Waals surface area contributed by atoms with E-state index in [9.17, 15) is 9.90 Å². The molecule has 0 aromatic heterocycles. The number of hydrogen-bond donors (Lipinski definition) is 1. The van der Waals surface area contributed by atoms with Crippen molar-refractivity contribution in [3.05, 3.63) is 52.5 Å². The Bertz CT molecular complexity index is 892. The van der Waals surface area contributed by atoms with E-state index in [2.05, 4.69) is 13.8 Å². The van der Waals surface area contributed by atoms with Crippen molar-refractivity contribution in [3.8, 4) is 16.9 Å². The standard InChI is InChI=1S/C19H21ClO2.C8H16O/c1-5-13-7-6-8-17(18(13)19(21)12(2)3)14-9-15(20)11-16(10-14)22-4;1-6(7-4-5-7)8(2,3)9/h6-12H,5H2,1-4H3;6-7,9H,4-5H2,1-3H3. The van der Waals surface area contributed by atoms with E-state index in [0.29, 0.717) is 16.7 Å². The fourth-order valence-corrected chi connectivity index (χ4v) is 3.95. The van der Waals surface area contributed by atoms with Gasteiger partial charge in [-0.25, -0.2) is 0 Å². The van der Waals surface area contributed by atoms with E-state index >= 15 is 0 Å². The molecule has 3 rings (SSSR count). The molecule has 170 valence electrons. The third kappa shape index (κ3) is 6.82. The van der Waals surface area contributed by atoms with Gasteiger partial charge in [0.2, 0.25) is 0 Å². The number of methoxy groups -OCH3 is 1. The molecule has 1 fully saturated rings. The molecule has 1 aliphatic rings. The third-order valence-electron chi connectivity index (χ3n) is 6.16. The molecule has 1 saturated carbocycles. The second-order valence-electron chi connectivity index (χ2n) is 9.37. The fraction of sp³-hybridized carbons (Fsp3) is 0.519. The van der Waals surface area contributed by atoms with Crippen molar-refractivity contribution >= 4 is 17.4 Å². The molecule has 0 heterocycles. The summed E-state index contributed by atoms with van der Waals surface area (Å²) < 4.78 is 5.29. The molecule has 31 heavy (non-hydrogen) atoms. The van der Waals surface area contributed by atoms with Crippen molar-refractivity contribution in [1.82, 2.24) is 0 Å². The lowest BCUT2D eigenvalue weighted by Crippen LogP contribution is -2.29. The summed E-state index contributed by atoms with van der Waals surface area (Å²) in [5.41, 5.74) is 3.23. The number of benzene rings is 2. The van der Waals surface area contributed by atoms with Crippen molar-refractivity contribution < 1.29 is 14.6 Å². The normalized spacial score (nSPS) is 14.6. The highest BCUT2D eigenvalue weighted by Crippen LogP contribution is 2.41. The molecule has 0 aliphatic heterocycles. The van der Waals surface area contributed by atoms with E-state index < -0.39 is 5.60 Å². The average molecular weight is 445 g/mol. The Kier molecular flexibility index (Phi) is 8.73. The number of aryl methyl sites for hydroxylation is 1. The number of hydrogen-bond acceptors (Lipinski definition) is 3. The zero-order chi connectivity index (χ0) is 23.3. The molecule has 1 atom stereocenters. The van der Waals surface area contributed by atoms with Crippen LogP contribution >= 0.6 is 11.6 Å². The predicted octanol–water partition coefficient (Wildman–Crippen LogP) is 7.22. The van der Waals surface area contributed by atoms with Crippen LogP contribution in [0.15, 0.2) is 36.4 Å². The van der Waals surface area contributed by atoms with Crippen molar-refractivity contribution in [2.45, 2.75) is 66.4 Å². The van der Waals surface area contributed by atoms with Gasteiger partial charge < -0.3 is 9.84 Å². The summed E-state index contributed by atoms with van der Waals surface area (Å²) in [5, 5.41) is 10.1. The first-order valence-electron chi connectivity index (χ1n) is 11.2. The number of carbonyl (C=O) groups excluding carboxylic acids is 1. The summed E-state index contributed by atoms with van der Waals surface area (Å²) in [6.45, 7) is 11.9. The highest BCUT2D eigenvalue weighted by molar-refractivity contribution is 6.31. The second-order valence-corrected chi connectivity index (χ2v) is 9.81. The van der Waals surface area contributed by atoms with Gasteiger partial charge in [-0.05, 0) is 79.8 Å². The molecule has 0 spiro atoms. The average Bonchev–Trinajstić information content (AvgIpc) is 3.56. The number of ether oxygens (including phenoxy) is 1. The van der Waals surface area contributed by atoms with E-state index in [0.717, 1.165) is 34.6 Å². The lowest BCUT2D eigenvalue weighted by atomic mass is 9.88. The highest BCUT2D eigenvalue weighted by atomic mass is 35.5. The topological polar surface area (TPSA) is 46.5 Å².